The van der Waals surface area contributed by atoms with Crippen LogP contribution in [0, 0.1) is 31.1 Å². The Kier molecular flexibility index (Phi) is 9.20. The minimum atomic E-state index is -0.777. The van der Waals surface area contributed by atoms with E-state index in [1.165, 1.54) is 0 Å². The fourth-order valence-corrected chi connectivity index (χ4v) is 7.27. The van der Waals surface area contributed by atoms with Crippen molar-refractivity contribution >= 4 is 28.7 Å². The Morgan fingerprint density at radius 3 is 2.58 bits per heavy atom. The van der Waals surface area contributed by atoms with E-state index in [4.69, 9.17) is 9.40 Å². The number of carboxylic acids is 1. The van der Waals surface area contributed by atoms with E-state index in [-0.39, 0.29) is 24.5 Å². The highest BCUT2D eigenvalue weighted by Crippen LogP contribution is 2.37. The third-order valence-corrected chi connectivity index (χ3v) is 9.90. The van der Waals surface area contributed by atoms with Crippen molar-refractivity contribution in [2.45, 2.75) is 52.2 Å². The van der Waals surface area contributed by atoms with Crippen molar-refractivity contribution in [2.24, 2.45) is 5.92 Å². The number of aliphatic carboxylic acids is 1. The van der Waals surface area contributed by atoms with Crippen LogP contribution in [0.1, 0.15) is 63.7 Å². The molecule has 1 amide bonds. The van der Waals surface area contributed by atoms with Gasteiger partial charge in [0.15, 0.2) is 11.3 Å². The summed E-state index contributed by atoms with van der Waals surface area (Å²) in [5.41, 5.74) is 8.75. The predicted octanol–water partition coefficient (Wildman–Crippen LogP) is 5.42. The van der Waals surface area contributed by atoms with E-state index in [2.05, 4.69) is 26.7 Å². The number of amides is 1. The van der Waals surface area contributed by atoms with Gasteiger partial charge in [-0.1, -0.05) is 24.3 Å². The second-order valence-electron chi connectivity index (χ2n) is 13.1. The normalized spacial score (nSPS) is 17.5. The number of aryl methyl sites for hydroxylation is 1. The number of rotatable bonds is 10. The Bertz CT molecular complexity index is 2150. The summed E-state index contributed by atoms with van der Waals surface area (Å²) >= 11 is 0. The molecule has 4 N–H and O–H groups in total. The first kappa shape index (κ1) is 33.2. The van der Waals surface area contributed by atoms with Crippen molar-refractivity contribution in [3.8, 4) is 28.7 Å². The number of nitrogens with zero attached hydrogens (tertiary/aromatic N) is 5. The number of nitrogens with one attached hydrogen (secondary N) is 2. The number of carbonyl (C=O) groups is 2. The number of aromatic nitrogens is 3. The molecule has 4 heterocycles. The number of nitriles is 1. The monoisotopic (exact) mass is 673 g/mol. The molecule has 0 bridgehead atoms. The number of hydrogen-bond donors (Lipinski definition) is 4. The SMILES string of the molecule is Cc1c(NC(=O)c2cc3n(n2)CCCC3NCCO)cccc1-c1cccc(-c2nc3cc(CN4CC[C@@H](C(=O)O)C4)cc(C#N)c3o2)c1C. The highest BCUT2D eigenvalue weighted by Gasteiger charge is 2.29. The predicted molar refractivity (Wildman–Crippen MR) is 187 cm³/mol. The molecule has 3 aromatic carbocycles. The minimum absolute atomic E-state index is 0.0450. The van der Waals surface area contributed by atoms with Crippen LogP contribution in [0.4, 0.5) is 5.69 Å². The highest BCUT2D eigenvalue weighted by molar-refractivity contribution is 6.04. The van der Waals surface area contributed by atoms with Crippen molar-refractivity contribution < 1.29 is 24.2 Å². The molecule has 12 heteroatoms. The first-order valence-electron chi connectivity index (χ1n) is 17.0. The Morgan fingerprint density at radius 2 is 1.82 bits per heavy atom. The van der Waals surface area contributed by atoms with Gasteiger partial charge in [0.05, 0.1) is 23.8 Å². The smallest absolute Gasteiger partial charge is 0.307 e. The average Bonchev–Trinajstić information content (AvgIpc) is 3.87. The van der Waals surface area contributed by atoms with E-state index >= 15 is 0 Å². The van der Waals surface area contributed by atoms with E-state index in [0.717, 1.165) is 58.5 Å². The molecule has 5 aromatic rings. The topological polar surface area (TPSA) is 170 Å². The second kappa shape index (κ2) is 13.9. The Labute approximate surface area is 289 Å². The maximum Gasteiger partial charge on any atom is 0.307 e. The Morgan fingerprint density at radius 1 is 1.04 bits per heavy atom. The number of benzene rings is 3. The first-order valence-corrected chi connectivity index (χ1v) is 17.0. The molecule has 2 atom stereocenters. The van der Waals surface area contributed by atoms with Gasteiger partial charge in [-0.25, -0.2) is 4.98 Å². The van der Waals surface area contributed by atoms with Crippen molar-refractivity contribution in [2.75, 3.05) is 31.6 Å². The fraction of sp³-hybridized carbons (Fsp3) is 0.342. The summed E-state index contributed by atoms with van der Waals surface area (Å²) < 4.78 is 8.11. The van der Waals surface area contributed by atoms with Crippen molar-refractivity contribution in [3.63, 3.8) is 0 Å². The lowest BCUT2D eigenvalue weighted by molar-refractivity contribution is -0.141. The van der Waals surface area contributed by atoms with Crippen molar-refractivity contribution in [1.29, 1.82) is 5.26 Å². The zero-order valence-corrected chi connectivity index (χ0v) is 28.1. The van der Waals surface area contributed by atoms with Crippen LogP contribution in [0.3, 0.4) is 0 Å². The van der Waals surface area contributed by atoms with E-state index in [1.54, 1.807) is 6.07 Å². The van der Waals surface area contributed by atoms with Gasteiger partial charge in [0.25, 0.3) is 5.91 Å². The van der Waals surface area contributed by atoms with E-state index in [9.17, 15) is 25.1 Å². The standard InChI is InChI=1S/C38H39N7O5/c1-22-27(28-7-4-9-30(23(28)2)41-36(47)33-18-34-31(40-12-15-46)10-5-13-45(34)43-33)6-3-8-29(22)37-42-32-17-24(16-26(19-39)35(32)50-37)20-44-14-11-25(21-44)38(48)49/h3-4,6-9,16-18,25,31,40,46H,5,10-15,20-21H2,1-2H3,(H,41,47)(H,48,49)/t25-,31?/m1/s1. The molecule has 0 radical (unpaired) electrons. The van der Waals surface area contributed by atoms with E-state index in [0.29, 0.717) is 66.5 Å². The number of oxazole rings is 1. The van der Waals surface area contributed by atoms with Crippen LogP contribution in [-0.4, -0.2) is 68.0 Å². The fourth-order valence-electron chi connectivity index (χ4n) is 7.27. The minimum Gasteiger partial charge on any atom is -0.481 e. The lowest BCUT2D eigenvalue weighted by Crippen LogP contribution is -2.29. The number of aliphatic hydroxyl groups is 1. The molecule has 2 aliphatic heterocycles. The van der Waals surface area contributed by atoms with Gasteiger partial charge < -0.3 is 25.3 Å². The number of likely N-dealkylation sites (tertiary alicyclic amines) is 1. The molecule has 2 aromatic heterocycles. The molecule has 2 aliphatic rings. The number of carboxylic acid groups (broad SMARTS) is 1. The van der Waals surface area contributed by atoms with Crippen LogP contribution in [0.25, 0.3) is 33.7 Å². The number of anilines is 1. The van der Waals surface area contributed by atoms with Crippen LogP contribution >= 0.6 is 0 Å². The quantitative estimate of drug-likeness (QED) is 0.150. The molecule has 256 valence electrons. The first-order chi connectivity index (χ1) is 24.2. The summed E-state index contributed by atoms with van der Waals surface area (Å²) in [5, 5.41) is 39.6. The van der Waals surface area contributed by atoms with Crippen LogP contribution in [0.5, 0.6) is 0 Å². The molecule has 12 nitrogen and oxygen atoms in total. The Balaban J connectivity index is 1.14. The molecular weight excluding hydrogens is 634 g/mol. The van der Waals surface area contributed by atoms with E-state index < -0.39 is 5.97 Å². The summed E-state index contributed by atoms with van der Waals surface area (Å²) in [6.07, 6.45) is 2.47. The lowest BCUT2D eigenvalue weighted by Gasteiger charge is -2.24. The zero-order chi connectivity index (χ0) is 34.9. The molecule has 7 rings (SSSR count). The van der Waals surface area contributed by atoms with Gasteiger partial charge in [-0.2, -0.15) is 10.4 Å². The maximum absolute atomic E-state index is 13.4. The molecule has 50 heavy (non-hydrogen) atoms. The largest absolute Gasteiger partial charge is 0.481 e. The Hall–Kier alpha value is -5.35. The molecular formula is C38H39N7O5. The number of fused-ring (bicyclic) bond motifs is 2. The number of aliphatic hydroxyl groups excluding tert-OH is 1. The summed E-state index contributed by atoms with van der Waals surface area (Å²) in [4.78, 5) is 31.8. The average molecular weight is 674 g/mol. The van der Waals surface area contributed by atoms with Crippen LogP contribution in [0.15, 0.2) is 59.0 Å². The third-order valence-electron chi connectivity index (χ3n) is 9.90. The lowest BCUT2D eigenvalue weighted by atomic mass is 9.93. The molecule has 1 fully saturated rings. The van der Waals surface area contributed by atoms with Gasteiger partial charge in [0.2, 0.25) is 5.89 Å². The molecule has 1 unspecified atom stereocenters. The van der Waals surface area contributed by atoms with Gasteiger partial charge in [0.1, 0.15) is 11.6 Å². The molecule has 0 aliphatic carbocycles. The third kappa shape index (κ3) is 6.38. The van der Waals surface area contributed by atoms with Crippen LogP contribution < -0.4 is 10.6 Å². The van der Waals surface area contributed by atoms with Gasteiger partial charge in [-0.15, -0.1) is 0 Å². The van der Waals surface area contributed by atoms with Crippen LogP contribution in [0.2, 0.25) is 0 Å². The van der Waals surface area contributed by atoms with Gasteiger partial charge in [0, 0.05) is 43.5 Å². The van der Waals surface area contributed by atoms with Gasteiger partial charge in [-0.3, -0.25) is 19.2 Å². The second-order valence-corrected chi connectivity index (χ2v) is 13.1. The summed E-state index contributed by atoms with van der Waals surface area (Å²) in [7, 11) is 0. The molecule has 0 spiro atoms. The number of carbonyl (C=O) groups excluding carboxylic acids is 1. The van der Waals surface area contributed by atoms with Crippen molar-refractivity contribution in [1.82, 2.24) is 25.0 Å². The van der Waals surface area contributed by atoms with Gasteiger partial charge >= 0.3 is 5.97 Å². The summed E-state index contributed by atoms with van der Waals surface area (Å²) in [5.74, 6) is -1.04. The molecule has 0 saturated carbocycles. The number of hydrogen-bond acceptors (Lipinski definition) is 9. The maximum atomic E-state index is 13.4. The van der Waals surface area contributed by atoms with Gasteiger partial charge in [-0.05, 0) is 97.8 Å². The zero-order valence-electron chi connectivity index (χ0n) is 28.1. The van der Waals surface area contributed by atoms with E-state index in [1.807, 2.05) is 67.1 Å². The van der Waals surface area contributed by atoms with Crippen LogP contribution in [-0.2, 0) is 17.9 Å². The summed E-state index contributed by atoms with van der Waals surface area (Å²) in [6.45, 7) is 6.95. The highest BCUT2D eigenvalue weighted by atomic mass is 16.4. The molecule has 1 saturated heterocycles. The summed E-state index contributed by atoms with van der Waals surface area (Å²) in [6, 6.07) is 19.5. The van der Waals surface area contributed by atoms with Crippen molar-refractivity contribution in [3.05, 3.63) is 88.2 Å².